The van der Waals surface area contributed by atoms with Gasteiger partial charge in [-0.2, -0.15) is 0 Å². The van der Waals surface area contributed by atoms with Crippen LogP contribution >= 0.6 is 27.3 Å². The van der Waals surface area contributed by atoms with Gasteiger partial charge in [-0.15, -0.1) is 11.3 Å². The molecule has 3 aliphatic rings. The Labute approximate surface area is 184 Å². The highest BCUT2D eigenvalue weighted by molar-refractivity contribution is 9.10. The Morgan fingerprint density at radius 2 is 1.90 bits per heavy atom. The molecule has 0 aromatic carbocycles. The zero-order valence-corrected chi connectivity index (χ0v) is 19.8. The Morgan fingerprint density at radius 3 is 2.52 bits per heavy atom. The van der Waals surface area contributed by atoms with Crippen molar-refractivity contribution in [2.75, 3.05) is 11.9 Å². The molecule has 3 atom stereocenters. The summed E-state index contributed by atoms with van der Waals surface area (Å²) in [5.41, 5.74) is -0.269. The lowest BCUT2D eigenvalue weighted by atomic mass is 9.64. The van der Waals surface area contributed by atoms with Crippen LogP contribution in [-0.4, -0.2) is 29.1 Å². The first-order chi connectivity index (χ1) is 13.6. The van der Waals surface area contributed by atoms with Gasteiger partial charge in [0, 0.05) is 10.3 Å². The van der Waals surface area contributed by atoms with Crippen molar-refractivity contribution in [3.05, 3.63) is 16.0 Å². The third kappa shape index (κ3) is 2.59. The molecule has 7 heteroatoms. The van der Waals surface area contributed by atoms with Crippen LogP contribution in [0.3, 0.4) is 0 Å². The number of hydrogen-bond acceptors (Lipinski definition) is 5. The van der Waals surface area contributed by atoms with Crippen LogP contribution in [0, 0.1) is 16.2 Å². The third-order valence-electron chi connectivity index (χ3n) is 8.00. The van der Waals surface area contributed by atoms with Gasteiger partial charge in [-0.25, -0.2) is 4.79 Å². The molecule has 0 aliphatic heterocycles. The van der Waals surface area contributed by atoms with E-state index in [2.05, 4.69) is 21.2 Å². The number of hydrogen-bond donors (Lipinski definition) is 1. The van der Waals surface area contributed by atoms with Gasteiger partial charge >= 0.3 is 5.97 Å². The largest absolute Gasteiger partial charge is 0.462 e. The van der Waals surface area contributed by atoms with Gasteiger partial charge in [-0.1, -0.05) is 36.7 Å². The number of ketones is 1. The highest BCUT2D eigenvalue weighted by Gasteiger charge is 2.76. The molecule has 1 aromatic rings. The first kappa shape index (κ1) is 21.0. The first-order valence-electron chi connectivity index (χ1n) is 10.4. The van der Waals surface area contributed by atoms with E-state index in [1.165, 1.54) is 16.2 Å². The molecule has 1 heterocycles. The fourth-order valence-corrected chi connectivity index (χ4v) is 8.53. The van der Waals surface area contributed by atoms with Crippen molar-refractivity contribution in [2.45, 2.75) is 71.0 Å². The van der Waals surface area contributed by atoms with Crippen LogP contribution < -0.4 is 5.32 Å². The molecule has 4 rings (SSSR count). The summed E-state index contributed by atoms with van der Waals surface area (Å²) in [4.78, 5) is 40.1. The van der Waals surface area contributed by atoms with Gasteiger partial charge in [0.15, 0.2) is 5.78 Å². The van der Waals surface area contributed by atoms with Gasteiger partial charge in [-0.05, 0) is 56.4 Å². The van der Waals surface area contributed by atoms with Gasteiger partial charge in [0.05, 0.1) is 22.4 Å². The number of fused-ring (bicyclic) bond motifs is 3. The normalized spacial score (nSPS) is 32.2. The summed E-state index contributed by atoms with van der Waals surface area (Å²) >= 11 is 5.07. The van der Waals surface area contributed by atoms with Crippen molar-refractivity contribution < 1.29 is 19.1 Å². The zero-order valence-electron chi connectivity index (χ0n) is 17.4. The Hall–Kier alpha value is -1.21. The predicted octanol–water partition coefficient (Wildman–Crippen LogP) is 4.90. The Bertz CT molecular complexity index is 907. The average molecular weight is 482 g/mol. The average Bonchev–Trinajstić information content (AvgIpc) is 3.17. The van der Waals surface area contributed by atoms with Crippen LogP contribution in [0.15, 0.2) is 0 Å². The molecule has 0 saturated heterocycles. The summed E-state index contributed by atoms with van der Waals surface area (Å²) in [6, 6.07) is 0. The van der Waals surface area contributed by atoms with Crippen molar-refractivity contribution >= 4 is 49.9 Å². The molecule has 0 spiro atoms. The molecule has 3 aliphatic carbocycles. The molecule has 2 fully saturated rings. The summed E-state index contributed by atoms with van der Waals surface area (Å²) in [7, 11) is 0. The van der Waals surface area contributed by atoms with E-state index in [4.69, 9.17) is 4.74 Å². The molecule has 0 radical (unpaired) electrons. The number of carbonyl (C=O) groups excluding carboxylic acids is 3. The smallest absolute Gasteiger partial charge is 0.341 e. The zero-order chi connectivity index (χ0) is 21.2. The lowest BCUT2D eigenvalue weighted by Crippen LogP contribution is -2.48. The minimum Gasteiger partial charge on any atom is -0.462 e. The minimum absolute atomic E-state index is 0.111. The Kier molecular flexibility index (Phi) is 5.01. The van der Waals surface area contributed by atoms with Gasteiger partial charge in [0.1, 0.15) is 5.00 Å². The molecule has 1 amide bonds. The van der Waals surface area contributed by atoms with Crippen molar-refractivity contribution in [3.63, 3.8) is 0 Å². The van der Waals surface area contributed by atoms with E-state index in [1.54, 1.807) is 6.92 Å². The fraction of sp³-hybridized carbons (Fsp3) is 0.682. The number of aryl methyl sites for hydroxylation is 1. The molecule has 1 N–H and O–H groups in total. The number of anilines is 1. The maximum absolute atomic E-state index is 13.7. The molecule has 2 bridgehead atoms. The van der Waals surface area contributed by atoms with E-state index >= 15 is 0 Å². The van der Waals surface area contributed by atoms with Crippen molar-refractivity contribution in [1.82, 2.24) is 0 Å². The molecule has 158 valence electrons. The number of amides is 1. The molecular formula is C22H28BrNO4S. The highest BCUT2D eigenvalue weighted by Crippen LogP contribution is 2.72. The van der Waals surface area contributed by atoms with Crippen LogP contribution in [0.2, 0.25) is 0 Å². The first-order valence-corrected chi connectivity index (χ1v) is 12.2. The topological polar surface area (TPSA) is 72.5 Å². The van der Waals surface area contributed by atoms with Crippen LogP contribution in [-0.2, 0) is 27.2 Å². The van der Waals surface area contributed by atoms with E-state index in [1.807, 2.05) is 20.8 Å². The number of rotatable bonds is 4. The van der Waals surface area contributed by atoms with Crippen molar-refractivity contribution in [3.8, 4) is 0 Å². The lowest BCUT2D eigenvalue weighted by molar-refractivity contribution is -0.130. The minimum atomic E-state index is -0.824. The summed E-state index contributed by atoms with van der Waals surface area (Å²) in [5, 5.41) is 3.67. The van der Waals surface area contributed by atoms with Crippen LogP contribution in [0.25, 0.3) is 0 Å². The molecular weight excluding hydrogens is 454 g/mol. The van der Waals surface area contributed by atoms with E-state index in [0.717, 1.165) is 31.2 Å². The summed E-state index contributed by atoms with van der Waals surface area (Å²) in [6.07, 6.45) is 5.26. The predicted molar refractivity (Wildman–Crippen MR) is 117 cm³/mol. The van der Waals surface area contributed by atoms with Crippen molar-refractivity contribution in [1.29, 1.82) is 0 Å². The van der Waals surface area contributed by atoms with Gasteiger partial charge in [0.2, 0.25) is 5.91 Å². The second-order valence-corrected chi connectivity index (χ2v) is 11.3. The second-order valence-electron chi connectivity index (χ2n) is 9.24. The fourth-order valence-electron chi connectivity index (χ4n) is 5.74. The second kappa shape index (κ2) is 6.91. The van der Waals surface area contributed by atoms with Crippen LogP contribution in [0.1, 0.15) is 74.2 Å². The van der Waals surface area contributed by atoms with E-state index < -0.39 is 21.1 Å². The summed E-state index contributed by atoms with van der Waals surface area (Å²) in [6.45, 7) is 8.13. The summed E-state index contributed by atoms with van der Waals surface area (Å²) in [5.74, 6) is -0.420. The van der Waals surface area contributed by atoms with Crippen LogP contribution in [0.5, 0.6) is 0 Å². The Balaban J connectivity index is 1.74. The van der Waals surface area contributed by atoms with Gasteiger partial charge in [-0.3, -0.25) is 9.59 Å². The van der Waals surface area contributed by atoms with Crippen LogP contribution in [0.4, 0.5) is 5.00 Å². The number of carbonyl (C=O) groups is 3. The number of ether oxygens (including phenoxy) is 1. The monoisotopic (exact) mass is 481 g/mol. The third-order valence-corrected chi connectivity index (χ3v) is 10.4. The molecule has 5 nitrogen and oxygen atoms in total. The molecule has 2 saturated carbocycles. The number of halogens is 1. The standard InChI is InChI=1S/C22H28BrNO4S/c1-5-28-18(26)14-12-8-6-7-9-13(12)29-17(14)24-19(27)22-11-10-21(4,20(22,2)3)16(25)15(22)23/h15H,5-11H2,1-4H3,(H,24,27). The lowest BCUT2D eigenvalue weighted by Gasteiger charge is -2.39. The summed E-state index contributed by atoms with van der Waals surface area (Å²) < 4.78 is 5.31. The number of alkyl halides is 1. The molecule has 3 unspecified atom stereocenters. The number of nitrogens with one attached hydrogen (secondary N) is 1. The highest BCUT2D eigenvalue weighted by atomic mass is 79.9. The number of thiophene rings is 1. The van der Waals surface area contributed by atoms with Crippen molar-refractivity contribution in [2.24, 2.45) is 16.2 Å². The van der Waals surface area contributed by atoms with Gasteiger partial charge in [0.25, 0.3) is 0 Å². The molecule has 1 aromatic heterocycles. The van der Waals surface area contributed by atoms with Gasteiger partial charge < -0.3 is 10.1 Å². The Morgan fingerprint density at radius 1 is 1.21 bits per heavy atom. The van der Waals surface area contributed by atoms with E-state index in [9.17, 15) is 14.4 Å². The van der Waals surface area contributed by atoms with E-state index in [0.29, 0.717) is 30.0 Å². The number of esters is 1. The van der Waals surface area contributed by atoms with E-state index in [-0.39, 0.29) is 17.7 Å². The maximum atomic E-state index is 13.7. The molecule has 29 heavy (non-hydrogen) atoms. The SMILES string of the molecule is CCOC(=O)c1c(NC(=O)C23CCC(C)(C(=O)C2Br)C3(C)C)sc2c1CCCC2. The number of Topliss-reactive ketones (excluding diaryl/α,β-unsaturated/α-hetero) is 1. The maximum Gasteiger partial charge on any atom is 0.341 e. The quantitative estimate of drug-likeness (QED) is 0.490.